The first kappa shape index (κ1) is 15.4. The molecule has 0 spiro atoms. The van der Waals surface area contributed by atoms with E-state index in [0.29, 0.717) is 5.56 Å². The topological polar surface area (TPSA) is 26.3 Å². The Balaban J connectivity index is 2.55. The fraction of sp³-hybridized carbons (Fsp3) is 0.312. The summed E-state index contributed by atoms with van der Waals surface area (Å²) in [4.78, 5) is 11.5. The number of allylic oxidation sites excluding steroid dienone is 3. The fourth-order valence-electron chi connectivity index (χ4n) is 2.46. The van der Waals surface area contributed by atoms with Crippen LogP contribution in [0.3, 0.4) is 0 Å². The zero-order chi connectivity index (χ0) is 15.7. The lowest BCUT2D eigenvalue weighted by Gasteiger charge is -2.37. The Morgan fingerprint density at radius 3 is 2.33 bits per heavy atom. The second-order valence-corrected chi connectivity index (χ2v) is 5.14. The number of hydrogen-bond donors (Lipinski definition) is 0. The highest BCUT2D eigenvalue weighted by atomic mass is 19.4. The van der Waals surface area contributed by atoms with E-state index in [4.69, 9.17) is 0 Å². The summed E-state index contributed by atoms with van der Waals surface area (Å²) < 4.78 is 45.3. The van der Waals surface area contributed by atoms with E-state index >= 15 is 0 Å². The van der Waals surface area contributed by atoms with Gasteiger partial charge in [0.15, 0.2) is 0 Å². The summed E-state index contributed by atoms with van der Waals surface area (Å²) in [5.41, 5.74) is -1.44. The Kier molecular flexibility index (Phi) is 3.94. The number of alkyl halides is 3. The number of methoxy groups -OCH3 is 1. The van der Waals surface area contributed by atoms with Crippen molar-refractivity contribution in [1.82, 2.24) is 0 Å². The number of esters is 1. The first-order chi connectivity index (χ1) is 9.79. The van der Waals surface area contributed by atoms with Crippen molar-refractivity contribution < 1.29 is 22.7 Å². The van der Waals surface area contributed by atoms with Crippen molar-refractivity contribution in [3.63, 3.8) is 0 Å². The Morgan fingerprint density at radius 1 is 1.19 bits per heavy atom. The van der Waals surface area contributed by atoms with Crippen molar-refractivity contribution in [2.24, 2.45) is 5.41 Å². The lowest BCUT2D eigenvalue weighted by atomic mass is 9.70. The molecule has 0 heterocycles. The van der Waals surface area contributed by atoms with Crippen LogP contribution < -0.4 is 0 Å². The minimum atomic E-state index is -4.47. The maximum atomic E-state index is 13.6. The molecule has 0 aromatic heterocycles. The highest BCUT2D eigenvalue weighted by molar-refractivity contribution is 5.91. The van der Waals surface area contributed by atoms with Gasteiger partial charge in [0.1, 0.15) is 0 Å². The second-order valence-electron chi connectivity index (χ2n) is 5.14. The maximum Gasteiger partial charge on any atom is 0.398 e. The summed E-state index contributed by atoms with van der Waals surface area (Å²) in [5, 5.41) is 0. The molecule has 1 aromatic rings. The zero-order valence-corrected chi connectivity index (χ0v) is 11.7. The van der Waals surface area contributed by atoms with E-state index < -0.39 is 24.0 Å². The molecule has 1 aliphatic carbocycles. The lowest BCUT2D eigenvalue weighted by Crippen LogP contribution is -2.38. The maximum absolute atomic E-state index is 13.6. The minimum Gasteiger partial charge on any atom is -0.466 e. The van der Waals surface area contributed by atoms with Crippen LogP contribution in [0, 0.1) is 5.41 Å². The SMILES string of the molecule is COC(=O)C1=CC=C(c2ccccc2)C(C)(C(F)(F)F)C1. The van der Waals surface area contributed by atoms with Crippen molar-refractivity contribution in [3.8, 4) is 0 Å². The van der Waals surface area contributed by atoms with Gasteiger partial charge in [-0.1, -0.05) is 42.5 Å². The molecule has 2 rings (SSSR count). The van der Waals surface area contributed by atoms with Gasteiger partial charge in [0, 0.05) is 5.57 Å². The summed E-state index contributed by atoms with van der Waals surface area (Å²) >= 11 is 0. The molecule has 0 bridgehead atoms. The molecule has 0 saturated carbocycles. The average Bonchev–Trinajstić information content (AvgIpc) is 2.46. The number of carbonyl (C=O) groups is 1. The van der Waals surface area contributed by atoms with Gasteiger partial charge in [0.2, 0.25) is 0 Å². The molecule has 1 aliphatic rings. The minimum absolute atomic E-state index is 0.0250. The normalized spacial score (nSPS) is 22.3. The van der Waals surface area contributed by atoms with Crippen LogP contribution in [0.4, 0.5) is 13.2 Å². The number of carbonyl (C=O) groups excluding carboxylic acids is 1. The summed E-state index contributed by atoms with van der Waals surface area (Å²) in [7, 11) is 1.16. The van der Waals surface area contributed by atoms with Crippen LogP contribution in [0.1, 0.15) is 18.9 Å². The lowest BCUT2D eigenvalue weighted by molar-refractivity contribution is -0.196. The van der Waals surface area contributed by atoms with Crippen LogP contribution in [0.2, 0.25) is 0 Å². The Labute approximate surface area is 120 Å². The van der Waals surface area contributed by atoms with Gasteiger partial charge in [0.25, 0.3) is 0 Å². The third-order valence-corrected chi connectivity index (χ3v) is 3.75. The molecular weight excluding hydrogens is 281 g/mol. The van der Waals surface area contributed by atoms with E-state index in [1.807, 2.05) is 0 Å². The van der Waals surface area contributed by atoms with Crippen molar-refractivity contribution in [2.75, 3.05) is 7.11 Å². The molecule has 1 atom stereocenters. The first-order valence-electron chi connectivity index (χ1n) is 6.41. The molecular formula is C16H15F3O2. The molecule has 0 saturated heterocycles. The molecule has 0 N–H and O–H groups in total. The van der Waals surface area contributed by atoms with E-state index in [2.05, 4.69) is 4.74 Å². The number of hydrogen-bond acceptors (Lipinski definition) is 2. The Hall–Kier alpha value is -2.04. The smallest absolute Gasteiger partial charge is 0.398 e. The van der Waals surface area contributed by atoms with Crippen LogP contribution >= 0.6 is 0 Å². The largest absolute Gasteiger partial charge is 0.466 e. The molecule has 0 amide bonds. The molecule has 0 aliphatic heterocycles. The predicted octanol–water partition coefficient (Wildman–Crippen LogP) is 4.14. The summed E-state index contributed by atoms with van der Waals surface area (Å²) in [5.74, 6) is -0.728. The summed E-state index contributed by atoms with van der Waals surface area (Å²) in [6.45, 7) is 1.11. The molecule has 1 unspecified atom stereocenters. The highest BCUT2D eigenvalue weighted by Gasteiger charge is 2.55. The van der Waals surface area contributed by atoms with Gasteiger partial charge in [0.05, 0.1) is 12.5 Å². The van der Waals surface area contributed by atoms with E-state index in [-0.39, 0.29) is 11.1 Å². The van der Waals surface area contributed by atoms with E-state index in [1.165, 1.54) is 12.2 Å². The molecule has 2 nitrogen and oxygen atoms in total. The Bertz CT molecular complexity index is 600. The predicted molar refractivity (Wildman–Crippen MR) is 73.3 cm³/mol. The third kappa shape index (κ3) is 2.73. The first-order valence-corrected chi connectivity index (χ1v) is 6.41. The van der Waals surface area contributed by atoms with Gasteiger partial charge < -0.3 is 4.74 Å². The second kappa shape index (κ2) is 5.39. The van der Waals surface area contributed by atoms with Gasteiger partial charge in [-0.15, -0.1) is 0 Å². The number of benzene rings is 1. The number of rotatable bonds is 2. The standard InChI is InChI=1S/C16H15F3O2/c1-15(16(17,18)19)10-12(14(20)21-2)8-9-13(15)11-6-4-3-5-7-11/h3-9H,10H2,1-2H3. The number of ether oxygens (including phenoxy) is 1. The fourth-order valence-corrected chi connectivity index (χ4v) is 2.46. The third-order valence-electron chi connectivity index (χ3n) is 3.75. The van der Waals surface area contributed by atoms with Crippen LogP contribution in [-0.2, 0) is 9.53 Å². The van der Waals surface area contributed by atoms with Gasteiger partial charge in [-0.3, -0.25) is 0 Å². The van der Waals surface area contributed by atoms with Gasteiger partial charge >= 0.3 is 12.1 Å². The molecule has 0 radical (unpaired) electrons. The van der Waals surface area contributed by atoms with Gasteiger partial charge in [-0.2, -0.15) is 13.2 Å². The number of halogens is 3. The molecule has 5 heteroatoms. The van der Waals surface area contributed by atoms with Crippen molar-refractivity contribution in [1.29, 1.82) is 0 Å². The van der Waals surface area contributed by atoms with E-state index in [1.54, 1.807) is 30.3 Å². The molecule has 0 fully saturated rings. The van der Waals surface area contributed by atoms with E-state index in [9.17, 15) is 18.0 Å². The van der Waals surface area contributed by atoms with Gasteiger partial charge in [-0.05, 0) is 24.5 Å². The summed E-state index contributed by atoms with van der Waals surface area (Å²) in [6.07, 6.45) is -2.13. The average molecular weight is 296 g/mol. The molecule has 1 aromatic carbocycles. The van der Waals surface area contributed by atoms with Gasteiger partial charge in [-0.25, -0.2) is 4.79 Å². The van der Waals surface area contributed by atoms with Crippen LogP contribution in [-0.4, -0.2) is 19.3 Å². The van der Waals surface area contributed by atoms with Crippen molar-refractivity contribution in [3.05, 3.63) is 53.6 Å². The quantitative estimate of drug-likeness (QED) is 0.767. The molecule has 112 valence electrons. The monoisotopic (exact) mass is 296 g/mol. The molecule has 21 heavy (non-hydrogen) atoms. The zero-order valence-electron chi connectivity index (χ0n) is 11.7. The van der Waals surface area contributed by atoms with Crippen molar-refractivity contribution >= 4 is 11.5 Å². The highest BCUT2D eigenvalue weighted by Crippen LogP contribution is 2.53. The van der Waals surface area contributed by atoms with Crippen molar-refractivity contribution in [2.45, 2.75) is 19.5 Å². The van der Waals surface area contributed by atoms with Crippen LogP contribution in [0.25, 0.3) is 5.57 Å². The van der Waals surface area contributed by atoms with E-state index in [0.717, 1.165) is 14.0 Å². The van der Waals surface area contributed by atoms with Crippen LogP contribution in [0.15, 0.2) is 48.1 Å². The Morgan fingerprint density at radius 2 is 1.81 bits per heavy atom. The van der Waals surface area contributed by atoms with Crippen LogP contribution in [0.5, 0.6) is 0 Å². The summed E-state index contributed by atoms with van der Waals surface area (Å²) in [6, 6.07) is 8.38.